The zero-order valence-corrected chi connectivity index (χ0v) is 14.1. The lowest BCUT2D eigenvalue weighted by atomic mass is 9.97. The number of nitrogens with zero attached hydrogens (tertiary/aromatic N) is 3. The van der Waals surface area contributed by atoms with E-state index in [9.17, 15) is 9.59 Å². The predicted molar refractivity (Wildman–Crippen MR) is 93.6 cm³/mol. The van der Waals surface area contributed by atoms with Crippen molar-refractivity contribution in [2.75, 3.05) is 6.54 Å². The average Bonchev–Trinajstić information content (AvgIpc) is 3.09. The minimum absolute atomic E-state index is 0.0309. The highest BCUT2D eigenvalue weighted by Crippen LogP contribution is 2.35. The smallest absolute Gasteiger partial charge is 0.270 e. The van der Waals surface area contributed by atoms with Crippen molar-refractivity contribution in [1.82, 2.24) is 14.3 Å². The Balaban J connectivity index is 1.77. The van der Waals surface area contributed by atoms with Crippen molar-refractivity contribution in [2.45, 2.75) is 25.8 Å². The Labute approximate surface area is 143 Å². The van der Waals surface area contributed by atoms with Crippen LogP contribution in [-0.2, 0) is 6.42 Å². The molecule has 0 saturated carbocycles. The summed E-state index contributed by atoms with van der Waals surface area (Å²) in [5.41, 5.74) is 1.59. The molecule has 5 nitrogen and oxygen atoms in total. The molecule has 0 N–H and O–H groups in total. The average molecular weight is 339 g/mol. The Bertz CT molecular complexity index is 976. The van der Waals surface area contributed by atoms with E-state index in [4.69, 9.17) is 0 Å². The van der Waals surface area contributed by atoms with Gasteiger partial charge in [0, 0.05) is 23.8 Å². The molecule has 1 aliphatic heterocycles. The maximum absolute atomic E-state index is 13.0. The fourth-order valence-electron chi connectivity index (χ4n) is 3.41. The van der Waals surface area contributed by atoms with Crippen LogP contribution in [0.4, 0.5) is 0 Å². The van der Waals surface area contributed by atoms with Gasteiger partial charge in [-0.05, 0) is 42.0 Å². The van der Waals surface area contributed by atoms with Crippen LogP contribution in [0.2, 0.25) is 0 Å². The lowest BCUT2D eigenvalue weighted by Crippen LogP contribution is -2.41. The second kappa shape index (κ2) is 5.87. The third-order valence-electron chi connectivity index (χ3n) is 4.59. The molecule has 0 fully saturated rings. The molecule has 1 atom stereocenters. The first kappa shape index (κ1) is 15.1. The van der Waals surface area contributed by atoms with Crippen LogP contribution in [-0.4, -0.2) is 26.7 Å². The fraction of sp³-hybridized carbons (Fsp3) is 0.278. The van der Waals surface area contributed by atoms with Crippen molar-refractivity contribution in [3.05, 3.63) is 68.4 Å². The van der Waals surface area contributed by atoms with Gasteiger partial charge in [0.15, 0.2) is 0 Å². The van der Waals surface area contributed by atoms with Crippen molar-refractivity contribution in [2.24, 2.45) is 0 Å². The quantitative estimate of drug-likeness (QED) is 0.721. The van der Waals surface area contributed by atoms with E-state index in [1.54, 1.807) is 29.7 Å². The van der Waals surface area contributed by atoms with Crippen LogP contribution in [0, 0.1) is 0 Å². The topological polar surface area (TPSA) is 54.7 Å². The number of hydrogen-bond acceptors (Lipinski definition) is 4. The van der Waals surface area contributed by atoms with Crippen LogP contribution in [0.15, 0.2) is 46.8 Å². The SMILES string of the molecule is CCC1c2ccsc2CCN1C(=O)c1cnc2ccccn2c1=O. The van der Waals surface area contributed by atoms with Crippen LogP contribution in [0.1, 0.15) is 40.2 Å². The summed E-state index contributed by atoms with van der Waals surface area (Å²) in [6.45, 7) is 2.71. The molecule has 0 bridgehead atoms. The molecule has 1 unspecified atom stereocenters. The molecule has 0 saturated heterocycles. The first-order valence-corrected chi connectivity index (χ1v) is 8.92. The van der Waals surface area contributed by atoms with Crippen LogP contribution in [0.5, 0.6) is 0 Å². The summed E-state index contributed by atoms with van der Waals surface area (Å²) >= 11 is 1.74. The van der Waals surface area contributed by atoms with Crippen LogP contribution >= 0.6 is 11.3 Å². The molecule has 1 aliphatic rings. The van der Waals surface area contributed by atoms with Crippen LogP contribution in [0.3, 0.4) is 0 Å². The maximum atomic E-state index is 13.0. The van der Waals surface area contributed by atoms with Gasteiger partial charge >= 0.3 is 0 Å². The van der Waals surface area contributed by atoms with Crippen molar-refractivity contribution in [3.8, 4) is 0 Å². The van der Waals surface area contributed by atoms with Crippen molar-refractivity contribution in [1.29, 1.82) is 0 Å². The Kier molecular flexibility index (Phi) is 3.69. The minimum Gasteiger partial charge on any atom is -0.331 e. The summed E-state index contributed by atoms with van der Waals surface area (Å²) in [7, 11) is 0. The molecule has 0 aliphatic carbocycles. The first-order valence-electron chi connectivity index (χ1n) is 8.04. The van der Waals surface area contributed by atoms with Gasteiger partial charge in [0.25, 0.3) is 11.5 Å². The highest BCUT2D eigenvalue weighted by molar-refractivity contribution is 7.10. The van der Waals surface area contributed by atoms with Gasteiger partial charge in [-0.25, -0.2) is 4.98 Å². The number of aromatic nitrogens is 2. The van der Waals surface area contributed by atoms with Gasteiger partial charge in [0.1, 0.15) is 11.2 Å². The molecule has 3 aromatic heterocycles. The Hall–Kier alpha value is -2.47. The van der Waals surface area contributed by atoms with E-state index in [1.165, 1.54) is 21.0 Å². The fourth-order valence-corrected chi connectivity index (χ4v) is 4.34. The molecule has 4 heterocycles. The van der Waals surface area contributed by atoms with Crippen LogP contribution < -0.4 is 5.56 Å². The lowest BCUT2D eigenvalue weighted by Gasteiger charge is -2.35. The largest absolute Gasteiger partial charge is 0.331 e. The molecule has 0 aromatic carbocycles. The number of hydrogen-bond donors (Lipinski definition) is 0. The van der Waals surface area contributed by atoms with E-state index in [0.29, 0.717) is 12.2 Å². The summed E-state index contributed by atoms with van der Waals surface area (Å²) < 4.78 is 1.42. The van der Waals surface area contributed by atoms with Gasteiger partial charge in [-0.1, -0.05) is 13.0 Å². The summed E-state index contributed by atoms with van der Waals surface area (Å²) in [5.74, 6) is -0.227. The van der Waals surface area contributed by atoms with Crippen molar-refractivity contribution < 1.29 is 4.79 Å². The second-order valence-electron chi connectivity index (χ2n) is 5.88. The van der Waals surface area contributed by atoms with Crippen LogP contribution in [0.25, 0.3) is 5.65 Å². The predicted octanol–water partition coefficient (Wildman–Crippen LogP) is 2.91. The standard InChI is InChI=1S/C18H17N3O2S/c1-2-14-12-7-10-24-15(12)6-9-20(14)17(22)13-11-19-16-5-3-4-8-21(16)18(13)23/h3-5,7-8,10-11,14H,2,6,9H2,1H3. The monoisotopic (exact) mass is 339 g/mol. The third kappa shape index (κ3) is 2.26. The molecule has 1 amide bonds. The Morgan fingerprint density at radius 1 is 1.38 bits per heavy atom. The molecule has 3 aromatic rings. The maximum Gasteiger partial charge on any atom is 0.270 e. The van der Waals surface area contributed by atoms with Gasteiger partial charge < -0.3 is 4.90 Å². The van der Waals surface area contributed by atoms with E-state index in [1.807, 2.05) is 11.0 Å². The van der Waals surface area contributed by atoms with E-state index in [2.05, 4.69) is 23.4 Å². The molecule has 24 heavy (non-hydrogen) atoms. The number of carbonyl (C=O) groups is 1. The van der Waals surface area contributed by atoms with Gasteiger partial charge in [0.05, 0.1) is 6.04 Å². The minimum atomic E-state index is -0.309. The summed E-state index contributed by atoms with van der Waals surface area (Å²) in [4.78, 5) is 33.2. The van der Waals surface area contributed by atoms with E-state index >= 15 is 0 Å². The zero-order valence-electron chi connectivity index (χ0n) is 13.3. The molecular formula is C18H17N3O2S. The number of rotatable bonds is 2. The molecule has 0 spiro atoms. The first-order chi connectivity index (χ1) is 11.7. The van der Waals surface area contributed by atoms with E-state index < -0.39 is 0 Å². The molecule has 4 rings (SSSR count). The number of carbonyl (C=O) groups excluding carboxylic acids is 1. The number of amides is 1. The third-order valence-corrected chi connectivity index (χ3v) is 5.58. The highest BCUT2D eigenvalue weighted by atomic mass is 32.1. The Morgan fingerprint density at radius 3 is 3.08 bits per heavy atom. The normalized spacial score (nSPS) is 17.0. The van der Waals surface area contributed by atoms with Gasteiger partial charge in [-0.15, -0.1) is 11.3 Å². The molecular weight excluding hydrogens is 322 g/mol. The number of pyridine rings is 1. The highest BCUT2D eigenvalue weighted by Gasteiger charge is 2.32. The molecule has 122 valence electrons. The van der Waals surface area contributed by atoms with Crippen molar-refractivity contribution >= 4 is 22.9 Å². The number of thiophene rings is 1. The Morgan fingerprint density at radius 2 is 2.25 bits per heavy atom. The summed E-state index contributed by atoms with van der Waals surface area (Å²) in [5, 5.41) is 2.08. The van der Waals surface area contributed by atoms with E-state index in [-0.39, 0.29) is 23.1 Å². The lowest BCUT2D eigenvalue weighted by molar-refractivity contribution is 0.0655. The van der Waals surface area contributed by atoms with Crippen molar-refractivity contribution in [3.63, 3.8) is 0 Å². The summed E-state index contributed by atoms with van der Waals surface area (Å²) in [6, 6.07) is 7.46. The second-order valence-corrected chi connectivity index (χ2v) is 6.88. The summed E-state index contributed by atoms with van der Waals surface area (Å²) in [6.07, 6.45) is 4.73. The molecule has 0 radical (unpaired) electrons. The van der Waals surface area contributed by atoms with Gasteiger partial charge in [-0.2, -0.15) is 0 Å². The van der Waals surface area contributed by atoms with Gasteiger partial charge in [-0.3, -0.25) is 14.0 Å². The molecule has 6 heteroatoms. The number of fused-ring (bicyclic) bond motifs is 2. The van der Waals surface area contributed by atoms with Gasteiger partial charge in [0.2, 0.25) is 0 Å². The van der Waals surface area contributed by atoms with E-state index in [0.717, 1.165) is 12.8 Å². The zero-order chi connectivity index (χ0) is 16.7.